The van der Waals surface area contributed by atoms with E-state index in [1.807, 2.05) is 30.9 Å². The van der Waals surface area contributed by atoms with Gasteiger partial charge in [0.05, 0.1) is 18.2 Å². The summed E-state index contributed by atoms with van der Waals surface area (Å²) in [6.07, 6.45) is 10.7. The number of nitrogen functional groups attached to an aromatic ring is 1. The SMILES string of the molecule is CC1(n2cncc2-c2ccc(N)nc2)CCCC1. The number of rotatable bonds is 2. The number of aromatic nitrogens is 3. The summed E-state index contributed by atoms with van der Waals surface area (Å²) in [5.41, 5.74) is 8.04. The Morgan fingerprint density at radius 1 is 1.22 bits per heavy atom. The Morgan fingerprint density at radius 3 is 2.67 bits per heavy atom. The van der Waals surface area contributed by atoms with Crippen LogP contribution in [0.4, 0.5) is 5.82 Å². The predicted molar refractivity (Wildman–Crippen MR) is 72.0 cm³/mol. The first-order chi connectivity index (χ1) is 8.69. The number of imidazole rings is 1. The first-order valence-corrected chi connectivity index (χ1v) is 6.44. The fourth-order valence-electron chi connectivity index (χ4n) is 2.87. The van der Waals surface area contributed by atoms with E-state index in [4.69, 9.17) is 5.73 Å². The lowest BCUT2D eigenvalue weighted by Gasteiger charge is -2.28. The highest BCUT2D eigenvalue weighted by Crippen LogP contribution is 2.38. The monoisotopic (exact) mass is 242 g/mol. The first-order valence-electron chi connectivity index (χ1n) is 6.44. The van der Waals surface area contributed by atoms with E-state index in [0.29, 0.717) is 5.82 Å². The van der Waals surface area contributed by atoms with E-state index in [9.17, 15) is 0 Å². The van der Waals surface area contributed by atoms with E-state index in [2.05, 4.69) is 21.5 Å². The van der Waals surface area contributed by atoms with Crippen molar-refractivity contribution in [3.63, 3.8) is 0 Å². The van der Waals surface area contributed by atoms with Crippen molar-refractivity contribution in [1.82, 2.24) is 14.5 Å². The van der Waals surface area contributed by atoms with Crippen molar-refractivity contribution >= 4 is 5.82 Å². The fraction of sp³-hybridized carbons (Fsp3) is 0.429. The van der Waals surface area contributed by atoms with Crippen LogP contribution >= 0.6 is 0 Å². The van der Waals surface area contributed by atoms with Crippen LogP contribution in [0.25, 0.3) is 11.3 Å². The molecule has 0 amide bonds. The highest BCUT2D eigenvalue weighted by molar-refractivity contribution is 5.59. The summed E-state index contributed by atoms with van der Waals surface area (Å²) in [7, 11) is 0. The van der Waals surface area contributed by atoms with Crippen molar-refractivity contribution in [2.75, 3.05) is 5.73 Å². The summed E-state index contributed by atoms with van der Waals surface area (Å²) < 4.78 is 2.30. The summed E-state index contributed by atoms with van der Waals surface area (Å²) in [5, 5.41) is 0. The third-order valence-electron chi connectivity index (χ3n) is 3.98. The normalized spacial score (nSPS) is 18.1. The van der Waals surface area contributed by atoms with Gasteiger partial charge in [-0.05, 0) is 31.9 Å². The number of nitrogens with two attached hydrogens (primary N) is 1. The maximum atomic E-state index is 5.63. The minimum Gasteiger partial charge on any atom is -0.384 e. The number of nitrogens with zero attached hydrogens (tertiary/aromatic N) is 3. The lowest BCUT2D eigenvalue weighted by atomic mass is 9.99. The van der Waals surface area contributed by atoms with E-state index < -0.39 is 0 Å². The van der Waals surface area contributed by atoms with Crippen LogP contribution in [0.1, 0.15) is 32.6 Å². The van der Waals surface area contributed by atoms with Gasteiger partial charge in [-0.25, -0.2) is 9.97 Å². The van der Waals surface area contributed by atoms with Crippen molar-refractivity contribution in [1.29, 1.82) is 0 Å². The molecule has 0 unspecified atom stereocenters. The molecule has 1 aliphatic rings. The zero-order valence-corrected chi connectivity index (χ0v) is 10.6. The molecule has 94 valence electrons. The Morgan fingerprint density at radius 2 is 2.00 bits per heavy atom. The zero-order chi connectivity index (χ0) is 12.6. The van der Waals surface area contributed by atoms with Crippen LogP contribution in [0.3, 0.4) is 0 Å². The summed E-state index contributed by atoms with van der Waals surface area (Å²) in [4.78, 5) is 8.48. The molecule has 0 aliphatic heterocycles. The maximum Gasteiger partial charge on any atom is 0.123 e. The lowest BCUT2D eigenvalue weighted by Crippen LogP contribution is -2.26. The summed E-state index contributed by atoms with van der Waals surface area (Å²) >= 11 is 0. The van der Waals surface area contributed by atoms with Gasteiger partial charge in [0, 0.05) is 17.3 Å². The van der Waals surface area contributed by atoms with Gasteiger partial charge in [-0.2, -0.15) is 0 Å². The van der Waals surface area contributed by atoms with Gasteiger partial charge in [0.1, 0.15) is 5.82 Å². The summed E-state index contributed by atoms with van der Waals surface area (Å²) in [6.45, 7) is 2.32. The highest BCUT2D eigenvalue weighted by atomic mass is 15.1. The number of pyridine rings is 1. The van der Waals surface area contributed by atoms with Gasteiger partial charge in [-0.1, -0.05) is 12.8 Å². The van der Waals surface area contributed by atoms with Gasteiger partial charge in [0.2, 0.25) is 0 Å². The van der Waals surface area contributed by atoms with E-state index in [1.165, 1.54) is 25.7 Å². The van der Waals surface area contributed by atoms with Crippen LogP contribution in [0.5, 0.6) is 0 Å². The Balaban J connectivity index is 2.03. The predicted octanol–water partition coefficient (Wildman–Crippen LogP) is 2.82. The third kappa shape index (κ3) is 1.78. The first kappa shape index (κ1) is 11.3. The van der Waals surface area contributed by atoms with E-state index in [-0.39, 0.29) is 5.54 Å². The molecule has 0 saturated heterocycles. The van der Waals surface area contributed by atoms with E-state index in [0.717, 1.165) is 11.3 Å². The molecule has 2 aromatic heterocycles. The Labute approximate surface area is 107 Å². The van der Waals surface area contributed by atoms with E-state index in [1.54, 1.807) is 0 Å². The number of hydrogen-bond acceptors (Lipinski definition) is 3. The van der Waals surface area contributed by atoms with Crippen molar-refractivity contribution in [2.24, 2.45) is 0 Å². The number of hydrogen-bond donors (Lipinski definition) is 1. The van der Waals surface area contributed by atoms with Gasteiger partial charge >= 0.3 is 0 Å². The summed E-state index contributed by atoms with van der Waals surface area (Å²) in [6, 6.07) is 3.85. The Kier molecular flexibility index (Phi) is 2.58. The smallest absolute Gasteiger partial charge is 0.123 e. The molecule has 2 aromatic rings. The standard InChI is InChI=1S/C14H18N4/c1-14(6-2-3-7-14)18-10-16-9-12(18)11-4-5-13(15)17-8-11/h4-5,8-10H,2-3,6-7H2,1H3,(H2,15,17). The van der Waals surface area contributed by atoms with Gasteiger partial charge in [0.15, 0.2) is 0 Å². The fourth-order valence-corrected chi connectivity index (χ4v) is 2.87. The Bertz CT molecular complexity index is 535. The second kappa shape index (κ2) is 4.12. The molecular formula is C14H18N4. The van der Waals surface area contributed by atoms with Crippen LogP contribution in [0.2, 0.25) is 0 Å². The molecule has 2 heterocycles. The van der Waals surface area contributed by atoms with Crippen LogP contribution in [-0.2, 0) is 5.54 Å². The van der Waals surface area contributed by atoms with Crippen LogP contribution < -0.4 is 5.73 Å². The van der Waals surface area contributed by atoms with Gasteiger partial charge in [0.25, 0.3) is 0 Å². The molecule has 18 heavy (non-hydrogen) atoms. The van der Waals surface area contributed by atoms with Gasteiger partial charge < -0.3 is 10.3 Å². The highest BCUT2D eigenvalue weighted by Gasteiger charge is 2.31. The van der Waals surface area contributed by atoms with Crippen molar-refractivity contribution in [3.8, 4) is 11.3 Å². The molecule has 4 nitrogen and oxygen atoms in total. The van der Waals surface area contributed by atoms with Crippen molar-refractivity contribution < 1.29 is 0 Å². The molecule has 0 radical (unpaired) electrons. The van der Waals surface area contributed by atoms with Crippen LogP contribution in [0.15, 0.2) is 30.9 Å². The Hall–Kier alpha value is -1.84. The minimum absolute atomic E-state index is 0.202. The van der Waals surface area contributed by atoms with Gasteiger partial charge in [-0.15, -0.1) is 0 Å². The van der Waals surface area contributed by atoms with Crippen molar-refractivity contribution in [3.05, 3.63) is 30.9 Å². The molecule has 1 aliphatic carbocycles. The largest absolute Gasteiger partial charge is 0.384 e. The molecule has 1 fully saturated rings. The summed E-state index contributed by atoms with van der Waals surface area (Å²) in [5.74, 6) is 0.553. The quantitative estimate of drug-likeness (QED) is 0.881. The maximum absolute atomic E-state index is 5.63. The molecule has 0 bridgehead atoms. The average Bonchev–Trinajstić information content (AvgIpc) is 2.99. The third-order valence-corrected chi connectivity index (χ3v) is 3.98. The molecule has 0 spiro atoms. The molecule has 2 N–H and O–H groups in total. The van der Waals surface area contributed by atoms with E-state index >= 15 is 0 Å². The average molecular weight is 242 g/mol. The second-order valence-corrected chi connectivity index (χ2v) is 5.32. The molecule has 0 aromatic carbocycles. The minimum atomic E-state index is 0.202. The van der Waals surface area contributed by atoms with Crippen LogP contribution in [0, 0.1) is 0 Å². The van der Waals surface area contributed by atoms with Gasteiger partial charge in [-0.3, -0.25) is 0 Å². The number of anilines is 1. The molecule has 0 atom stereocenters. The zero-order valence-electron chi connectivity index (χ0n) is 10.6. The second-order valence-electron chi connectivity index (χ2n) is 5.32. The molecule has 4 heteroatoms. The lowest BCUT2D eigenvalue weighted by molar-refractivity contribution is 0.332. The van der Waals surface area contributed by atoms with Crippen molar-refractivity contribution in [2.45, 2.75) is 38.1 Å². The molecule has 3 rings (SSSR count). The van der Waals surface area contributed by atoms with Crippen LogP contribution in [-0.4, -0.2) is 14.5 Å². The topological polar surface area (TPSA) is 56.7 Å². The molecule has 1 saturated carbocycles. The molecular weight excluding hydrogens is 224 g/mol.